The minimum Gasteiger partial charge on any atom is -0.294 e. The minimum atomic E-state index is -2.17. The van der Waals surface area contributed by atoms with Crippen LogP contribution in [0.1, 0.15) is 0 Å². The predicted octanol–water partition coefficient (Wildman–Crippen LogP) is 11.4. The van der Waals surface area contributed by atoms with Crippen molar-refractivity contribution in [3.05, 3.63) is 181 Å². The van der Waals surface area contributed by atoms with Crippen molar-refractivity contribution in [1.29, 1.82) is 0 Å². The molecule has 0 bridgehead atoms. The molecular weight excluding hydrogens is 823 g/mol. The molecule has 0 amide bonds. The molecule has 0 saturated heterocycles. The van der Waals surface area contributed by atoms with Crippen LogP contribution >= 0.6 is 0 Å². The van der Waals surface area contributed by atoms with Gasteiger partial charge >= 0.3 is 21.1 Å². The maximum absolute atomic E-state index is 12.0. The third-order valence-electron chi connectivity index (χ3n) is 7.97. The van der Waals surface area contributed by atoms with E-state index in [-0.39, 0.29) is 21.1 Å². The molecule has 0 N–H and O–H groups in total. The van der Waals surface area contributed by atoms with E-state index in [0.29, 0.717) is 0 Å². The minimum absolute atomic E-state index is 0. The molecule has 0 spiro atoms. The molecule has 0 fully saturated rings. The molecule has 0 aliphatic heterocycles. The van der Waals surface area contributed by atoms with Crippen LogP contribution in [0.4, 0.5) is 22.0 Å². The zero-order chi connectivity index (χ0) is 33.9. The van der Waals surface area contributed by atoms with Gasteiger partial charge in [-0.1, -0.05) is 109 Å². The Bertz CT molecular complexity index is 2260. The summed E-state index contributed by atoms with van der Waals surface area (Å²) in [6, 6.07) is 52.6. The standard InChI is InChI=1S/C36H23N2.C6F5.Pt/c1-5-13-25(14-6-1)31-23-33(27-17-9-3-10-18-27)37-35-29(31)21-22-30-32(26-15-7-2-8-16-26)24-34(38-36(30)35)28-19-11-4-12-20-28;7-2-1-3(8)5(10)6(11)4(2)9;/h1-19,21-24H;;/q2*-1;+2. The van der Waals surface area contributed by atoms with Crippen molar-refractivity contribution in [2.45, 2.75) is 0 Å². The van der Waals surface area contributed by atoms with Crippen molar-refractivity contribution in [3.8, 4) is 44.8 Å². The van der Waals surface area contributed by atoms with Crippen molar-refractivity contribution in [1.82, 2.24) is 9.97 Å². The molecule has 2 nitrogen and oxygen atoms in total. The van der Waals surface area contributed by atoms with Crippen LogP contribution in [0.5, 0.6) is 0 Å². The number of aromatic nitrogens is 2. The molecule has 0 unspecified atom stereocenters. The second-order valence-corrected chi connectivity index (χ2v) is 11.0. The summed E-state index contributed by atoms with van der Waals surface area (Å²) in [5, 5.41) is 2.17. The second kappa shape index (κ2) is 14.9. The molecule has 246 valence electrons. The fourth-order valence-corrected chi connectivity index (χ4v) is 5.63. The van der Waals surface area contributed by atoms with Gasteiger partial charge in [0.05, 0.1) is 45.8 Å². The van der Waals surface area contributed by atoms with Crippen molar-refractivity contribution >= 4 is 21.8 Å². The molecule has 6 aromatic carbocycles. The van der Waals surface area contributed by atoms with Crippen molar-refractivity contribution in [3.63, 3.8) is 0 Å². The SMILES string of the molecule is Fc1[c-]c(F)c(F)c(F)c1F.[Pt+2].[c-]1ccccc1-c1cc(-c2ccccc2)c2ccc3c(-c4ccccc4)cc(-c4ccccc4)nc3c2n1. The topological polar surface area (TPSA) is 25.8 Å². The quantitative estimate of drug-likeness (QED) is 0.0580. The summed E-state index contributed by atoms with van der Waals surface area (Å²) in [5.41, 5.74) is 10.3. The Labute approximate surface area is 299 Å². The summed E-state index contributed by atoms with van der Waals surface area (Å²) in [4.78, 5) is 10.5. The average Bonchev–Trinajstić information content (AvgIpc) is 3.17. The smallest absolute Gasteiger partial charge is 0.294 e. The van der Waals surface area contributed by atoms with Gasteiger partial charge in [-0.15, -0.1) is 42.0 Å². The normalized spacial score (nSPS) is 10.7. The van der Waals surface area contributed by atoms with Gasteiger partial charge in [-0.05, 0) is 34.0 Å². The Morgan fingerprint density at radius 2 is 0.880 bits per heavy atom. The van der Waals surface area contributed by atoms with E-state index in [2.05, 4.69) is 115 Å². The number of pyridine rings is 2. The van der Waals surface area contributed by atoms with Gasteiger partial charge in [-0.3, -0.25) is 13.8 Å². The average molecular weight is 846 g/mol. The van der Waals surface area contributed by atoms with Gasteiger partial charge in [0.1, 0.15) is 0 Å². The molecule has 0 aliphatic rings. The molecule has 8 rings (SSSR count). The van der Waals surface area contributed by atoms with Crippen LogP contribution in [0.15, 0.2) is 140 Å². The van der Waals surface area contributed by atoms with Crippen LogP contribution in [-0.4, -0.2) is 9.97 Å². The van der Waals surface area contributed by atoms with Gasteiger partial charge < -0.3 is 0 Å². The van der Waals surface area contributed by atoms with E-state index >= 15 is 0 Å². The summed E-state index contributed by atoms with van der Waals surface area (Å²) in [7, 11) is 0. The van der Waals surface area contributed by atoms with Crippen LogP contribution in [-0.2, 0) is 21.1 Å². The summed E-state index contributed by atoms with van der Waals surface area (Å²) < 4.78 is 59.9. The first-order valence-electron chi connectivity index (χ1n) is 15.2. The second-order valence-electron chi connectivity index (χ2n) is 11.0. The Morgan fingerprint density at radius 3 is 1.36 bits per heavy atom. The maximum atomic E-state index is 12.0. The number of benzene rings is 6. The van der Waals surface area contributed by atoms with E-state index in [0.717, 1.165) is 72.6 Å². The van der Waals surface area contributed by atoms with Crippen LogP contribution in [0.2, 0.25) is 0 Å². The van der Waals surface area contributed by atoms with Crippen molar-refractivity contribution in [2.24, 2.45) is 0 Å². The van der Waals surface area contributed by atoms with E-state index in [1.54, 1.807) is 0 Å². The first-order valence-corrected chi connectivity index (χ1v) is 15.2. The fraction of sp³-hybridized carbons (Fsp3) is 0. The van der Waals surface area contributed by atoms with Gasteiger partial charge in [0, 0.05) is 16.3 Å². The van der Waals surface area contributed by atoms with E-state index in [1.165, 1.54) is 0 Å². The molecule has 0 saturated carbocycles. The number of nitrogens with zero attached hydrogens (tertiary/aromatic N) is 2. The molecule has 0 radical (unpaired) electrons. The van der Waals surface area contributed by atoms with E-state index in [9.17, 15) is 22.0 Å². The zero-order valence-corrected chi connectivity index (χ0v) is 28.2. The number of rotatable bonds is 4. The van der Waals surface area contributed by atoms with Crippen molar-refractivity contribution < 1.29 is 43.0 Å². The fourth-order valence-electron chi connectivity index (χ4n) is 5.63. The van der Waals surface area contributed by atoms with Gasteiger partial charge in [0.25, 0.3) is 0 Å². The predicted molar refractivity (Wildman–Crippen MR) is 183 cm³/mol. The summed E-state index contributed by atoms with van der Waals surface area (Å²) in [6.07, 6.45) is 0. The van der Waals surface area contributed by atoms with Crippen LogP contribution in [0.3, 0.4) is 0 Å². The molecule has 0 aliphatic carbocycles. The molecule has 8 heteroatoms. The molecule has 50 heavy (non-hydrogen) atoms. The summed E-state index contributed by atoms with van der Waals surface area (Å²) in [6.45, 7) is 0. The number of hydrogen-bond acceptors (Lipinski definition) is 2. The third-order valence-corrected chi connectivity index (χ3v) is 7.97. The maximum Gasteiger partial charge on any atom is 2.00 e. The largest absolute Gasteiger partial charge is 2.00 e. The molecule has 2 aromatic heterocycles. The monoisotopic (exact) mass is 845 g/mol. The Kier molecular flexibility index (Phi) is 10.3. The van der Waals surface area contributed by atoms with E-state index < -0.39 is 29.1 Å². The van der Waals surface area contributed by atoms with Crippen LogP contribution in [0.25, 0.3) is 66.6 Å². The van der Waals surface area contributed by atoms with Gasteiger partial charge in [0.15, 0.2) is 0 Å². The first-order chi connectivity index (χ1) is 23.9. The van der Waals surface area contributed by atoms with Crippen LogP contribution in [0, 0.1) is 41.2 Å². The van der Waals surface area contributed by atoms with Gasteiger partial charge in [-0.2, -0.15) is 0 Å². The third kappa shape index (κ3) is 6.83. The van der Waals surface area contributed by atoms with Gasteiger partial charge in [-0.25, -0.2) is 18.2 Å². The Morgan fingerprint density at radius 1 is 0.440 bits per heavy atom. The zero-order valence-electron chi connectivity index (χ0n) is 25.9. The number of halogens is 5. The van der Waals surface area contributed by atoms with Gasteiger partial charge in [0.2, 0.25) is 0 Å². The molecular formula is C42H23F5N2Pt. The van der Waals surface area contributed by atoms with Crippen LogP contribution < -0.4 is 0 Å². The Hall–Kier alpha value is -5.52. The first kappa shape index (κ1) is 34.3. The number of hydrogen-bond donors (Lipinski definition) is 0. The molecule has 0 atom stereocenters. The van der Waals surface area contributed by atoms with E-state index in [4.69, 9.17) is 9.97 Å². The summed E-state index contributed by atoms with van der Waals surface area (Å²) in [5.74, 6) is -10.0. The number of fused-ring (bicyclic) bond motifs is 3. The molecule has 2 heterocycles. The molecule has 8 aromatic rings. The Balaban J connectivity index is 0.000000310. The van der Waals surface area contributed by atoms with Crippen molar-refractivity contribution in [2.75, 3.05) is 0 Å². The summed E-state index contributed by atoms with van der Waals surface area (Å²) >= 11 is 0. The van der Waals surface area contributed by atoms with E-state index in [1.807, 2.05) is 30.3 Å².